The number of amides is 1. The number of hydrogen-bond acceptors (Lipinski definition) is 2. The molecule has 0 heterocycles. The van der Waals surface area contributed by atoms with E-state index in [-0.39, 0.29) is 0 Å². The second kappa shape index (κ2) is 6.83. The van der Waals surface area contributed by atoms with Crippen LogP contribution in [0.2, 0.25) is 0 Å². The predicted molar refractivity (Wildman–Crippen MR) is 76.1 cm³/mol. The number of ether oxygens (including phenoxy) is 1. The predicted octanol–water partition coefficient (Wildman–Crippen LogP) is 3.76. The first-order valence-corrected chi connectivity index (χ1v) is 6.58. The lowest BCUT2D eigenvalue weighted by molar-refractivity contribution is -0.122. The first kappa shape index (κ1) is 15.0. The van der Waals surface area contributed by atoms with Gasteiger partial charge in [0, 0.05) is 0 Å². The third-order valence-corrected chi connectivity index (χ3v) is 2.90. The molecule has 21 heavy (non-hydrogen) atoms. The lowest BCUT2D eigenvalue weighted by atomic mass is 10.2. The minimum Gasteiger partial charge on any atom is -0.481 e. The van der Waals surface area contributed by atoms with E-state index >= 15 is 0 Å². The van der Waals surface area contributed by atoms with Crippen molar-refractivity contribution in [1.82, 2.24) is 0 Å². The van der Waals surface area contributed by atoms with Gasteiger partial charge in [-0.3, -0.25) is 4.79 Å². The molecule has 3 nitrogen and oxygen atoms in total. The third-order valence-electron chi connectivity index (χ3n) is 2.90. The van der Waals surface area contributed by atoms with Crippen molar-refractivity contribution < 1.29 is 18.3 Å². The van der Waals surface area contributed by atoms with Gasteiger partial charge >= 0.3 is 0 Å². The van der Waals surface area contributed by atoms with E-state index in [0.717, 1.165) is 12.1 Å². The van der Waals surface area contributed by atoms with Gasteiger partial charge in [0.2, 0.25) is 0 Å². The lowest BCUT2D eigenvalue weighted by Crippen LogP contribution is -2.33. The highest BCUT2D eigenvalue weighted by molar-refractivity contribution is 5.94. The van der Waals surface area contributed by atoms with Crippen molar-refractivity contribution in [3.8, 4) is 5.75 Å². The summed E-state index contributed by atoms with van der Waals surface area (Å²) in [5.74, 6) is -1.71. The van der Waals surface area contributed by atoms with E-state index in [0.29, 0.717) is 12.2 Å². The van der Waals surface area contributed by atoms with Crippen LogP contribution in [0, 0.1) is 11.6 Å². The molecule has 0 aromatic heterocycles. The quantitative estimate of drug-likeness (QED) is 0.911. The van der Waals surface area contributed by atoms with Gasteiger partial charge in [-0.05, 0) is 30.7 Å². The van der Waals surface area contributed by atoms with E-state index in [1.807, 2.05) is 6.07 Å². The molecule has 5 heteroatoms. The van der Waals surface area contributed by atoms with Gasteiger partial charge in [0.15, 0.2) is 6.10 Å². The summed E-state index contributed by atoms with van der Waals surface area (Å²) < 4.78 is 32.5. The van der Waals surface area contributed by atoms with Crippen molar-refractivity contribution in [3.63, 3.8) is 0 Å². The maximum atomic E-state index is 13.5. The number of benzene rings is 2. The van der Waals surface area contributed by atoms with Gasteiger partial charge in [-0.15, -0.1) is 0 Å². The van der Waals surface area contributed by atoms with E-state index < -0.39 is 29.3 Å². The molecule has 0 spiro atoms. The SMILES string of the molecule is CC[C@@H](Oc1ccccc1)C(=O)Nc1c(F)cccc1F. The summed E-state index contributed by atoms with van der Waals surface area (Å²) in [6.07, 6.45) is -0.456. The number of hydrogen-bond donors (Lipinski definition) is 1. The number of rotatable bonds is 5. The maximum absolute atomic E-state index is 13.5. The maximum Gasteiger partial charge on any atom is 0.265 e. The lowest BCUT2D eigenvalue weighted by Gasteiger charge is -2.17. The third kappa shape index (κ3) is 3.78. The Balaban J connectivity index is 2.10. The molecule has 1 amide bonds. The monoisotopic (exact) mass is 291 g/mol. The zero-order valence-corrected chi connectivity index (χ0v) is 11.5. The zero-order valence-electron chi connectivity index (χ0n) is 11.5. The van der Waals surface area contributed by atoms with Gasteiger partial charge in [0.25, 0.3) is 5.91 Å². The van der Waals surface area contributed by atoms with Crippen molar-refractivity contribution in [2.45, 2.75) is 19.4 Å². The number of carbonyl (C=O) groups excluding carboxylic acids is 1. The molecule has 0 aliphatic rings. The van der Waals surface area contributed by atoms with Crippen LogP contribution in [0.3, 0.4) is 0 Å². The average molecular weight is 291 g/mol. The van der Waals surface area contributed by atoms with Crippen LogP contribution in [0.5, 0.6) is 5.75 Å². The van der Waals surface area contributed by atoms with Crippen molar-refractivity contribution >= 4 is 11.6 Å². The highest BCUT2D eigenvalue weighted by Gasteiger charge is 2.21. The fourth-order valence-electron chi connectivity index (χ4n) is 1.81. The molecule has 0 bridgehead atoms. The Hall–Kier alpha value is -2.43. The summed E-state index contributed by atoms with van der Waals surface area (Å²) >= 11 is 0. The van der Waals surface area contributed by atoms with Crippen LogP contribution in [0.1, 0.15) is 13.3 Å². The molecule has 0 saturated carbocycles. The molecule has 0 radical (unpaired) electrons. The zero-order chi connectivity index (χ0) is 15.2. The molecule has 0 saturated heterocycles. The average Bonchev–Trinajstić information content (AvgIpc) is 2.49. The second-order valence-corrected chi connectivity index (χ2v) is 4.41. The Morgan fingerprint density at radius 1 is 1.10 bits per heavy atom. The molecule has 1 atom stereocenters. The van der Waals surface area contributed by atoms with E-state index in [4.69, 9.17) is 4.74 Å². The second-order valence-electron chi connectivity index (χ2n) is 4.41. The van der Waals surface area contributed by atoms with E-state index in [2.05, 4.69) is 5.32 Å². The van der Waals surface area contributed by atoms with Crippen LogP contribution in [0.25, 0.3) is 0 Å². The Morgan fingerprint density at radius 2 is 1.71 bits per heavy atom. The summed E-state index contributed by atoms with van der Waals surface area (Å²) in [7, 11) is 0. The Kier molecular flexibility index (Phi) is 4.87. The van der Waals surface area contributed by atoms with E-state index in [1.54, 1.807) is 31.2 Å². The van der Waals surface area contributed by atoms with E-state index in [1.165, 1.54) is 6.07 Å². The summed E-state index contributed by atoms with van der Waals surface area (Å²) in [5, 5.41) is 2.24. The molecule has 0 unspecified atom stereocenters. The van der Waals surface area contributed by atoms with E-state index in [9.17, 15) is 13.6 Å². The first-order valence-electron chi connectivity index (χ1n) is 6.58. The van der Waals surface area contributed by atoms with Crippen LogP contribution < -0.4 is 10.1 Å². The van der Waals surface area contributed by atoms with Crippen LogP contribution in [0.4, 0.5) is 14.5 Å². The number of nitrogens with one attached hydrogen (secondary N) is 1. The molecule has 0 fully saturated rings. The smallest absolute Gasteiger partial charge is 0.265 e. The largest absolute Gasteiger partial charge is 0.481 e. The molecular weight excluding hydrogens is 276 g/mol. The van der Waals surface area contributed by atoms with Crippen LogP contribution in [-0.2, 0) is 4.79 Å². The summed E-state index contributed by atoms with van der Waals surface area (Å²) in [6, 6.07) is 12.2. The number of carbonyl (C=O) groups is 1. The standard InChI is InChI=1S/C16H15F2NO2/c1-2-14(21-11-7-4-3-5-8-11)16(20)19-15-12(17)9-6-10-13(15)18/h3-10,14H,2H2,1H3,(H,19,20)/t14-/m1/s1. The normalized spacial score (nSPS) is 11.8. The van der Waals surface area contributed by atoms with Crippen molar-refractivity contribution in [2.24, 2.45) is 0 Å². The Bertz CT molecular complexity index is 597. The molecule has 1 N–H and O–H groups in total. The molecule has 2 aromatic rings. The van der Waals surface area contributed by atoms with Gasteiger partial charge in [0.1, 0.15) is 23.1 Å². The van der Waals surface area contributed by atoms with Gasteiger partial charge < -0.3 is 10.1 Å². The minimum atomic E-state index is -0.827. The fraction of sp³-hybridized carbons (Fsp3) is 0.188. The fourth-order valence-corrected chi connectivity index (χ4v) is 1.81. The van der Waals surface area contributed by atoms with Crippen molar-refractivity contribution in [2.75, 3.05) is 5.32 Å². The number of halogens is 2. The molecule has 110 valence electrons. The van der Waals surface area contributed by atoms with Gasteiger partial charge in [-0.25, -0.2) is 8.78 Å². The topological polar surface area (TPSA) is 38.3 Å². The van der Waals surface area contributed by atoms with Gasteiger partial charge in [-0.1, -0.05) is 31.2 Å². The summed E-state index contributed by atoms with van der Waals surface area (Å²) in [4.78, 5) is 12.1. The molecule has 0 aliphatic heterocycles. The highest BCUT2D eigenvalue weighted by Crippen LogP contribution is 2.19. The molecule has 2 aromatic carbocycles. The Morgan fingerprint density at radius 3 is 2.29 bits per heavy atom. The number of anilines is 1. The number of para-hydroxylation sites is 2. The van der Waals surface area contributed by atoms with Crippen molar-refractivity contribution in [3.05, 3.63) is 60.2 Å². The summed E-state index contributed by atoms with van der Waals surface area (Å²) in [5.41, 5.74) is -0.461. The van der Waals surface area contributed by atoms with Crippen LogP contribution in [0.15, 0.2) is 48.5 Å². The van der Waals surface area contributed by atoms with Crippen LogP contribution >= 0.6 is 0 Å². The summed E-state index contributed by atoms with van der Waals surface area (Å²) in [6.45, 7) is 1.75. The highest BCUT2D eigenvalue weighted by atomic mass is 19.1. The molecule has 2 rings (SSSR count). The first-order chi connectivity index (χ1) is 10.1. The van der Waals surface area contributed by atoms with Crippen LogP contribution in [-0.4, -0.2) is 12.0 Å². The Labute approximate surface area is 121 Å². The molecule has 0 aliphatic carbocycles. The van der Waals surface area contributed by atoms with Crippen molar-refractivity contribution in [1.29, 1.82) is 0 Å². The van der Waals surface area contributed by atoms with Gasteiger partial charge in [0.05, 0.1) is 0 Å². The van der Waals surface area contributed by atoms with Gasteiger partial charge in [-0.2, -0.15) is 0 Å². The molecular formula is C16H15F2NO2. The minimum absolute atomic E-state index is 0.372.